The van der Waals surface area contributed by atoms with Crippen LogP contribution in [0.1, 0.15) is 10.4 Å². The summed E-state index contributed by atoms with van der Waals surface area (Å²) in [6, 6.07) is 5.78. The van der Waals surface area contributed by atoms with Gasteiger partial charge in [-0.1, -0.05) is 0 Å². The molecule has 0 aliphatic carbocycles. The first-order chi connectivity index (χ1) is 8.94. The van der Waals surface area contributed by atoms with Crippen LogP contribution in [0.25, 0.3) is 0 Å². The molecular formula is C12H16O6S. The standard InChI is InChI=1S/C12H16O6S/c1-17-6-8-19(15,16)9-7-18-11-4-2-10(3-5-11)12(13)14/h2-5H,6-9H2,1H3,(H,13,14). The second kappa shape index (κ2) is 7.10. The number of carbonyl (C=O) groups is 1. The Bertz CT molecular complexity index is 506. The van der Waals surface area contributed by atoms with Crippen LogP contribution in [0, 0.1) is 0 Å². The lowest BCUT2D eigenvalue weighted by Crippen LogP contribution is -2.19. The number of methoxy groups -OCH3 is 1. The maximum atomic E-state index is 11.5. The van der Waals surface area contributed by atoms with Crippen LogP contribution < -0.4 is 4.74 Å². The summed E-state index contributed by atoms with van der Waals surface area (Å²) in [6.45, 7) is 0.189. The van der Waals surface area contributed by atoms with E-state index >= 15 is 0 Å². The first-order valence-electron chi connectivity index (χ1n) is 5.60. The highest BCUT2D eigenvalue weighted by molar-refractivity contribution is 7.91. The van der Waals surface area contributed by atoms with E-state index in [1.54, 1.807) is 0 Å². The molecule has 7 heteroatoms. The van der Waals surface area contributed by atoms with Gasteiger partial charge in [-0.25, -0.2) is 13.2 Å². The maximum Gasteiger partial charge on any atom is 0.335 e. The van der Waals surface area contributed by atoms with Crippen molar-refractivity contribution in [1.29, 1.82) is 0 Å². The van der Waals surface area contributed by atoms with Gasteiger partial charge in [-0.05, 0) is 24.3 Å². The van der Waals surface area contributed by atoms with Crippen molar-refractivity contribution in [3.8, 4) is 5.75 Å². The zero-order valence-electron chi connectivity index (χ0n) is 10.5. The van der Waals surface area contributed by atoms with E-state index in [-0.39, 0.29) is 30.3 Å². The average molecular weight is 288 g/mol. The van der Waals surface area contributed by atoms with Crippen molar-refractivity contribution in [3.05, 3.63) is 29.8 Å². The highest BCUT2D eigenvalue weighted by Gasteiger charge is 2.10. The minimum Gasteiger partial charge on any atom is -0.493 e. The number of ether oxygens (including phenoxy) is 2. The van der Waals surface area contributed by atoms with Crippen LogP contribution >= 0.6 is 0 Å². The number of hydrogen-bond acceptors (Lipinski definition) is 5. The van der Waals surface area contributed by atoms with Crippen LogP contribution in [0.15, 0.2) is 24.3 Å². The lowest BCUT2D eigenvalue weighted by molar-refractivity contribution is 0.0697. The van der Waals surface area contributed by atoms with Gasteiger partial charge in [0.2, 0.25) is 0 Å². The van der Waals surface area contributed by atoms with Crippen molar-refractivity contribution in [1.82, 2.24) is 0 Å². The van der Waals surface area contributed by atoms with Crippen molar-refractivity contribution in [2.75, 3.05) is 31.8 Å². The zero-order valence-corrected chi connectivity index (χ0v) is 11.4. The molecule has 1 aromatic rings. The van der Waals surface area contributed by atoms with E-state index in [0.717, 1.165) is 0 Å². The molecule has 0 aromatic heterocycles. The monoisotopic (exact) mass is 288 g/mol. The van der Waals surface area contributed by atoms with Gasteiger partial charge in [0.1, 0.15) is 12.4 Å². The summed E-state index contributed by atoms with van der Waals surface area (Å²) < 4.78 is 32.9. The Morgan fingerprint density at radius 3 is 2.26 bits per heavy atom. The van der Waals surface area contributed by atoms with Crippen LogP contribution in [0.2, 0.25) is 0 Å². The molecule has 1 rings (SSSR count). The van der Waals surface area contributed by atoms with Crippen LogP contribution in [-0.4, -0.2) is 51.3 Å². The molecule has 1 aromatic carbocycles. The predicted molar refractivity (Wildman–Crippen MR) is 69.4 cm³/mol. The van der Waals surface area contributed by atoms with Crippen LogP contribution in [-0.2, 0) is 14.6 Å². The summed E-state index contributed by atoms with van der Waals surface area (Å²) in [4.78, 5) is 10.6. The van der Waals surface area contributed by atoms with Crippen LogP contribution in [0.5, 0.6) is 5.75 Å². The molecule has 1 N–H and O–H groups in total. The number of benzene rings is 1. The Morgan fingerprint density at radius 2 is 1.74 bits per heavy atom. The van der Waals surface area contributed by atoms with Crippen molar-refractivity contribution in [3.63, 3.8) is 0 Å². The zero-order chi connectivity index (χ0) is 14.3. The third kappa shape index (κ3) is 5.71. The van der Waals surface area contributed by atoms with Gasteiger partial charge in [-0.2, -0.15) is 0 Å². The van der Waals surface area contributed by atoms with Gasteiger partial charge in [0.05, 0.1) is 23.7 Å². The summed E-state index contributed by atoms with van der Waals surface area (Å²) in [5, 5.41) is 8.71. The SMILES string of the molecule is COCCS(=O)(=O)CCOc1ccc(C(=O)O)cc1. The van der Waals surface area contributed by atoms with Crippen LogP contribution in [0.3, 0.4) is 0 Å². The lowest BCUT2D eigenvalue weighted by atomic mass is 10.2. The van der Waals surface area contributed by atoms with Gasteiger partial charge in [0.15, 0.2) is 9.84 Å². The smallest absolute Gasteiger partial charge is 0.335 e. The Balaban J connectivity index is 2.43. The van der Waals surface area contributed by atoms with E-state index in [2.05, 4.69) is 0 Å². The van der Waals surface area contributed by atoms with Gasteiger partial charge in [0.25, 0.3) is 0 Å². The number of rotatable bonds is 8. The molecule has 6 nitrogen and oxygen atoms in total. The largest absolute Gasteiger partial charge is 0.493 e. The summed E-state index contributed by atoms with van der Waals surface area (Å²) in [5.41, 5.74) is 0.153. The molecule has 106 valence electrons. The van der Waals surface area contributed by atoms with E-state index in [9.17, 15) is 13.2 Å². The van der Waals surface area contributed by atoms with Crippen molar-refractivity contribution in [2.45, 2.75) is 0 Å². The first kappa shape index (κ1) is 15.5. The molecule has 0 saturated heterocycles. The highest BCUT2D eigenvalue weighted by Crippen LogP contribution is 2.12. The number of hydrogen-bond donors (Lipinski definition) is 1. The Kier molecular flexibility index (Phi) is 5.78. The third-order valence-electron chi connectivity index (χ3n) is 2.36. The molecule has 0 spiro atoms. The van der Waals surface area contributed by atoms with Crippen molar-refractivity contribution in [2.24, 2.45) is 0 Å². The molecule has 0 amide bonds. The fourth-order valence-electron chi connectivity index (χ4n) is 1.29. The number of carboxylic acids is 1. The van der Waals surface area contributed by atoms with E-state index < -0.39 is 15.8 Å². The van der Waals surface area contributed by atoms with Gasteiger partial charge >= 0.3 is 5.97 Å². The average Bonchev–Trinajstić information content (AvgIpc) is 2.37. The molecule has 19 heavy (non-hydrogen) atoms. The highest BCUT2D eigenvalue weighted by atomic mass is 32.2. The number of aromatic carboxylic acids is 1. The predicted octanol–water partition coefficient (Wildman–Crippen LogP) is 0.825. The minimum absolute atomic E-state index is 0.0263. The van der Waals surface area contributed by atoms with E-state index in [1.807, 2.05) is 0 Å². The third-order valence-corrected chi connectivity index (χ3v) is 3.94. The number of carboxylic acid groups (broad SMARTS) is 1. The van der Waals surface area contributed by atoms with E-state index in [0.29, 0.717) is 5.75 Å². The molecule has 0 aliphatic heterocycles. The minimum atomic E-state index is -3.18. The quantitative estimate of drug-likeness (QED) is 0.762. The molecule has 0 saturated carbocycles. The summed E-state index contributed by atoms with van der Waals surface area (Å²) in [5.74, 6) is -0.720. The van der Waals surface area contributed by atoms with Gasteiger partial charge in [0, 0.05) is 7.11 Å². The molecule has 0 heterocycles. The molecule has 0 unspecified atom stereocenters. The molecule has 0 aliphatic rings. The van der Waals surface area contributed by atoms with Crippen molar-refractivity contribution < 1.29 is 27.8 Å². The molecule has 0 atom stereocenters. The summed E-state index contributed by atoms with van der Waals surface area (Å²) >= 11 is 0. The number of sulfone groups is 1. The van der Waals surface area contributed by atoms with Gasteiger partial charge in [-0.15, -0.1) is 0 Å². The Labute approximate surface area is 111 Å². The fourth-order valence-corrected chi connectivity index (χ4v) is 2.25. The summed E-state index contributed by atoms with van der Waals surface area (Å²) in [6.07, 6.45) is 0. The normalized spacial score (nSPS) is 11.2. The second-order valence-electron chi connectivity index (χ2n) is 3.82. The molecule has 0 fully saturated rings. The topological polar surface area (TPSA) is 89.9 Å². The summed E-state index contributed by atoms with van der Waals surface area (Å²) in [7, 11) is -1.74. The van der Waals surface area contributed by atoms with E-state index in [1.165, 1.54) is 31.4 Å². The van der Waals surface area contributed by atoms with Crippen LogP contribution in [0.4, 0.5) is 0 Å². The van der Waals surface area contributed by atoms with Gasteiger partial charge in [-0.3, -0.25) is 0 Å². The second-order valence-corrected chi connectivity index (χ2v) is 6.13. The Morgan fingerprint density at radius 1 is 1.16 bits per heavy atom. The Hall–Kier alpha value is -1.60. The molecule has 0 bridgehead atoms. The molecule has 0 radical (unpaired) electrons. The van der Waals surface area contributed by atoms with Gasteiger partial charge < -0.3 is 14.6 Å². The molecular weight excluding hydrogens is 272 g/mol. The fraction of sp³-hybridized carbons (Fsp3) is 0.417. The van der Waals surface area contributed by atoms with Crippen molar-refractivity contribution >= 4 is 15.8 Å². The maximum absolute atomic E-state index is 11.5. The lowest BCUT2D eigenvalue weighted by Gasteiger charge is -2.07. The van der Waals surface area contributed by atoms with E-state index in [4.69, 9.17) is 14.6 Å². The first-order valence-corrected chi connectivity index (χ1v) is 7.42.